The van der Waals surface area contributed by atoms with Gasteiger partial charge in [-0.3, -0.25) is 0 Å². The molecule has 2 heterocycles. The van der Waals surface area contributed by atoms with Crippen molar-refractivity contribution in [1.82, 2.24) is 0 Å². The Bertz CT molecular complexity index is 391. The fourth-order valence-corrected chi connectivity index (χ4v) is 2.52. The molecule has 0 aliphatic heterocycles. The molecule has 0 aromatic carbocycles. The molecule has 0 aliphatic rings. The van der Waals surface area contributed by atoms with Crippen molar-refractivity contribution in [3.8, 4) is 0 Å². The molecule has 2 rings (SSSR count). The molecule has 1 unspecified atom stereocenters. The number of rotatable bonds is 4. The molecule has 1 N–H and O–H groups in total. The fraction of sp³-hybridized carbons (Fsp3) is 0.333. The third-order valence-electron chi connectivity index (χ3n) is 2.61. The number of hydrogen-bond acceptors (Lipinski definition) is 3. The highest BCUT2D eigenvalue weighted by Crippen LogP contribution is 2.31. The van der Waals surface area contributed by atoms with Crippen molar-refractivity contribution in [2.75, 3.05) is 6.61 Å². The van der Waals surface area contributed by atoms with Crippen LogP contribution >= 0.6 is 11.3 Å². The van der Waals surface area contributed by atoms with Gasteiger partial charge < -0.3 is 9.52 Å². The average molecular weight is 222 g/mol. The summed E-state index contributed by atoms with van der Waals surface area (Å²) in [5.74, 6) is 0.917. The molecule has 0 aliphatic carbocycles. The first-order valence-electron chi connectivity index (χ1n) is 4.92. The van der Waals surface area contributed by atoms with E-state index in [1.165, 1.54) is 4.88 Å². The van der Waals surface area contributed by atoms with Gasteiger partial charge in [-0.15, -0.1) is 11.3 Å². The van der Waals surface area contributed by atoms with Crippen molar-refractivity contribution in [1.29, 1.82) is 0 Å². The predicted octanol–water partition coefficient (Wildman–Crippen LogP) is 2.83. The molecule has 1 atom stereocenters. The van der Waals surface area contributed by atoms with Gasteiger partial charge in [0.2, 0.25) is 0 Å². The topological polar surface area (TPSA) is 33.4 Å². The first-order chi connectivity index (χ1) is 7.24. The smallest absolute Gasteiger partial charge is 0.104 e. The summed E-state index contributed by atoms with van der Waals surface area (Å²) in [7, 11) is 0. The normalized spacial score (nSPS) is 15.1. The van der Waals surface area contributed by atoms with Crippen molar-refractivity contribution in [2.24, 2.45) is 0 Å². The lowest BCUT2D eigenvalue weighted by Crippen LogP contribution is -2.28. The van der Waals surface area contributed by atoms with Gasteiger partial charge in [0.1, 0.15) is 5.76 Å². The predicted molar refractivity (Wildman–Crippen MR) is 61.2 cm³/mol. The molecule has 15 heavy (non-hydrogen) atoms. The Labute approximate surface area is 93.2 Å². The van der Waals surface area contributed by atoms with E-state index < -0.39 is 0 Å². The minimum Gasteiger partial charge on any atom is -0.469 e. The Morgan fingerprint density at radius 3 is 2.80 bits per heavy atom. The second-order valence-corrected chi connectivity index (χ2v) is 4.90. The zero-order valence-corrected chi connectivity index (χ0v) is 9.46. The van der Waals surface area contributed by atoms with E-state index in [9.17, 15) is 5.11 Å². The second-order valence-electron chi connectivity index (χ2n) is 3.95. The van der Waals surface area contributed by atoms with Crippen LogP contribution in [0.1, 0.15) is 17.6 Å². The highest BCUT2D eigenvalue weighted by Gasteiger charge is 2.28. The molecule has 0 amide bonds. The standard InChI is InChI=1S/C12H14O2S/c1-12(9-13,11-5-3-7-15-11)8-10-4-2-6-14-10/h2-7,13H,8-9H2,1H3. The summed E-state index contributed by atoms with van der Waals surface area (Å²) in [6, 6.07) is 7.89. The number of furan rings is 1. The van der Waals surface area contributed by atoms with Crippen LogP contribution in [-0.2, 0) is 11.8 Å². The van der Waals surface area contributed by atoms with Crippen LogP contribution in [0.25, 0.3) is 0 Å². The summed E-state index contributed by atoms with van der Waals surface area (Å²) in [4.78, 5) is 1.20. The Morgan fingerprint density at radius 2 is 2.27 bits per heavy atom. The molecule has 0 fully saturated rings. The van der Waals surface area contributed by atoms with Crippen molar-refractivity contribution in [2.45, 2.75) is 18.8 Å². The highest BCUT2D eigenvalue weighted by molar-refractivity contribution is 7.10. The van der Waals surface area contributed by atoms with Gasteiger partial charge in [0.25, 0.3) is 0 Å². The Morgan fingerprint density at radius 1 is 1.40 bits per heavy atom. The lowest BCUT2D eigenvalue weighted by molar-refractivity contribution is 0.201. The van der Waals surface area contributed by atoms with Crippen LogP contribution in [0, 0.1) is 0 Å². The molecule has 0 saturated carbocycles. The molecular weight excluding hydrogens is 208 g/mol. The van der Waals surface area contributed by atoms with Crippen LogP contribution in [0.4, 0.5) is 0 Å². The SMILES string of the molecule is CC(CO)(Cc1ccco1)c1cccs1. The summed E-state index contributed by atoms with van der Waals surface area (Å²) in [5.41, 5.74) is -0.230. The maximum Gasteiger partial charge on any atom is 0.104 e. The molecule has 2 aromatic rings. The van der Waals surface area contributed by atoms with E-state index in [1.54, 1.807) is 17.6 Å². The number of aliphatic hydroxyl groups excluding tert-OH is 1. The average Bonchev–Trinajstić information content (AvgIpc) is 2.89. The third-order valence-corrected chi connectivity index (χ3v) is 3.79. The molecule has 0 saturated heterocycles. The zero-order valence-electron chi connectivity index (χ0n) is 8.64. The molecular formula is C12H14O2S. The number of hydrogen-bond donors (Lipinski definition) is 1. The maximum absolute atomic E-state index is 9.52. The summed E-state index contributed by atoms with van der Waals surface area (Å²) in [6.07, 6.45) is 2.40. The molecule has 3 heteroatoms. The van der Waals surface area contributed by atoms with Crippen molar-refractivity contribution in [3.05, 3.63) is 46.5 Å². The largest absolute Gasteiger partial charge is 0.469 e. The summed E-state index contributed by atoms with van der Waals surface area (Å²) in [6.45, 7) is 2.19. The van der Waals surface area contributed by atoms with E-state index >= 15 is 0 Å². The summed E-state index contributed by atoms with van der Waals surface area (Å²) < 4.78 is 5.32. The van der Waals surface area contributed by atoms with Crippen LogP contribution < -0.4 is 0 Å². The molecule has 2 aromatic heterocycles. The molecule has 0 spiro atoms. The monoisotopic (exact) mass is 222 g/mol. The van der Waals surface area contributed by atoms with Crippen LogP contribution in [0.5, 0.6) is 0 Å². The molecule has 2 nitrogen and oxygen atoms in total. The van der Waals surface area contributed by atoms with Crippen LogP contribution in [0.2, 0.25) is 0 Å². The minimum absolute atomic E-state index is 0.133. The summed E-state index contributed by atoms with van der Waals surface area (Å²) >= 11 is 1.67. The Balaban J connectivity index is 2.22. The fourth-order valence-electron chi connectivity index (χ4n) is 1.64. The van der Waals surface area contributed by atoms with Gasteiger partial charge >= 0.3 is 0 Å². The molecule has 80 valence electrons. The van der Waals surface area contributed by atoms with E-state index in [0.29, 0.717) is 0 Å². The maximum atomic E-state index is 9.52. The van der Waals surface area contributed by atoms with Gasteiger partial charge in [-0.1, -0.05) is 13.0 Å². The Kier molecular flexibility index (Phi) is 2.93. The summed E-state index contributed by atoms with van der Waals surface area (Å²) in [5, 5.41) is 11.6. The van der Waals surface area contributed by atoms with Gasteiger partial charge in [0, 0.05) is 16.7 Å². The van der Waals surface area contributed by atoms with Gasteiger partial charge in [0.05, 0.1) is 12.9 Å². The first kappa shape index (κ1) is 10.5. The highest BCUT2D eigenvalue weighted by atomic mass is 32.1. The lowest BCUT2D eigenvalue weighted by Gasteiger charge is -2.24. The van der Waals surface area contributed by atoms with Crippen LogP contribution in [0.15, 0.2) is 40.3 Å². The lowest BCUT2D eigenvalue weighted by atomic mass is 9.85. The van der Waals surface area contributed by atoms with E-state index in [0.717, 1.165) is 12.2 Å². The quantitative estimate of drug-likeness (QED) is 0.863. The van der Waals surface area contributed by atoms with Gasteiger partial charge in [0.15, 0.2) is 0 Å². The van der Waals surface area contributed by atoms with Crippen LogP contribution in [-0.4, -0.2) is 11.7 Å². The second kappa shape index (κ2) is 4.21. The minimum atomic E-state index is -0.230. The van der Waals surface area contributed by atoms with Gasteiger partial charge in [-0.05, 0) is 23.6 Å². The van der Waals surface area contributed by atoms with E-state index in [1.807, 2.05) is 23.6 Å². The zero-order chi connectivity index (χ0) is 10.7. The third kappa shape index (κ3) is 2.13. The van der Waals surface area contributed by atoms with E-state index in [4.69, 9.17) is 4.42 Å². The van der Waals surface area contributed by atoms with Gasteiger partial charge in [-0.25, -0.2) is 0 Å². The van der Waals surface area contributed by atoms with E-state index in [-0.39, 0.29) is 12.0 Å². The van der Waals surface area contributed by atoms with Crippen molar-refractivity contribution in [3.63, 3.8) is 0 Å². The molecule has 0 bridgehead atoms. The van der Waals surface area contributed by atoms with Crippen molar-refractivity contribution < 1.29 is 9.52 Å². The van der Waals surface area contributed by atoms with E-state index in [2.05, 4.69) is 13.0 Å². The van der Waals surface area contributed by atoms with Crippen molar-refractivity contribution >= 4 is 11.3 Å². The Hall–Kier alpha value is -1.06. The first-order valence-corrected chi connectivity index (χ1v) is 5.80. The molecule has 0 radical (unpaired) electrons. The number of aliphatic hydroxyl groups is 1. The van der Waals surface area contributed by atoms with Gasteiger partial charge in [-0.2, -0.15) is 0 Å². The van der Waals surface area contributed by atoms with Crippen LogP contribution in [0.3, 0.4) is 0 Å². The number of thiophene rings is 1.